The Morgan fingerprint density at radius 3 is 1.84 bits per heavy atom. The van der Waals surface area contributed by atoms with Crippen LogP contribution in [-0.2, 0) is 0 Å². The lowest BCUT2D eigenvalue weighted by Gasteiger charge is -2.31. The Morgan fingerprint density at radius 1 is 0.680 bits per heavy atom. The summed E-state index contributed by atoms with van der Waals surface area (Å²) in [5.41, 5.74) is 2.39. The third kappa shape index (κ3) is 2.70. The fourth-order valence-corrected chi connectivity index (χ4v) is 4.20. The highest BCUT2D eigenvalue weighted by molar-refractivity contribution is 6.26. The van der Waals surface area contributed by atoms with Crippen molar-refractivity contribution in [2.75, 3.05) is 0 Å². The highest BCUT2D eigenvalue weighted by Crippen LogP contribution is 2.41. The molecule has 3 heteroatoms. The molecular weight excluding hydrogens is 312 g/mol. The third-order valence-corrected chi connectivity index (χ3v) is 5.54. The Bertz CT molecular complexity index is 856. The van der Waals surface area contributed by atoms with Crippen LogP contribution < -0.4 is 0 Å². The summed E-state index contributed by atoms with van der Waals surface area (Å²) in [6, 6.07) is 17.2. The third-order valence-electron chi connectivity index (χ3n) is 5.54. The molecule has 3 nitrogen and oxygen atoms in total. The Morgan fingerprint density at radius 2 is 1.20 bits per heavy atom. The monoisotopic (exact) mass is 332 g/mol. The minimum absolute atomic E-state index is 0.0373. The van der Waals surface area contributed by atoms with Crippen LogP contribution in [0, 0.1) is 5.92 Å². The second-order valence-electron chi connectivity index (χ2n) is 6.93. The summed E-state index contributed by atoms with van der Waals surface area (Å²) in [7, 11) is 0. The summed E-state index contributed by atoms with van der Waals surface area (Å²) >= 11 is 0. The topological polar surface area (TPSA) is 54.4 Å². The number of ketones is 2. The van der Waals surface area contributed by atoms with Crippen molar-refractivity contribution >= 4 is 11.6 Å². The molecule has 0 bridgehead atoms. The Hall–Kier alpha value is -2.68. The number of allylic oxidation sites excluding steroid dienone is 2. The predicted molar refractivity (Wildman–Crippen MR) is 95.9 cm³/mol. The van der Waals surface area contributed by atoms with Gasteiger partial charge in [-0.3, -0.25) is 9.59 Å². The van der Waals surface area contributed by atoms with Crippen LogP contribution >= 0.6 is 0 Å². The van der Waals surface area contributed by atoms with Crippen LogP contribution in [0.2, 0.25) is 0 Å². The van der Waals surface area contributed by atoms with Crippen molar-refractivity contribution in [2.24, 2.45) is 5.92 Å². The summed E-state index contributed by atoms with van der Waals surface area (Å²) in [6.07, 6.45) is 3.57. The molecule has 4 rings (SSSR count). The van der Waals surface area contributed by atoms with Crippen molar-refractivity contribution in [2.45, 2.75) is 31.6 Å². The lowest BCUT2D eigenvalue weighted by atomic mass is 9.72. The number of aliphatic hydroxyl groups is 1. The van der Waals surface area contributed by atoms with Crippen LogP contribution in [-0.4, -0.2) is 16.7 Å². The minimum Gasteiger partial charge on any atom is -0.504 e. The van der Waals surface area contributed by atoms with Gasteiger partial charge in [0.25, 0.3) is 0 Å². The zero-order valence-corrected chi connectivity index (χ0v) is 13.9. The number of Topliss-reactive ketones (excluding diaryl/α,β-unsaturated/α-hetero) is 2. The molecule has 0 aromatic heterocycles. The smallest absolute Gasteiger partial charge is 0.228 e. The van der Waals surface area contributed by atoms with Gasteiger partial charge < -0.3 is 5.11 Å². The predicted octanol–water partition coefficient (Wildman–Crippen LogP) is 4.85. The summed E-state index contributed by atoms with van der Waals surface area (Å²) in [4.78, 5) is 25.3. The van der Waals surface area contributed by atoms with Crippen LogP contribution in [0.15, 0.2) is 65.9 Å². The second-order valence-corrected chi connectivity index (χ2v) is 6.93. The molecule has 1 fully saturated rings. The van der Waals surface area contributed by atoms with Crippen molar-refractivity contribution in [3.63, 3.8) is 0 Å². The first-order valence-electron chi connectivity index (χ1n) is 8.83. The number of carbonyl (C=O) groups is 2. The summed E-state index contributed by atoms with van der Waals surface area (Å²) in [5.74, 6) is -0.496. The van der Waals surface area contributed by atoms with E-state index in [-0.39, 0.29) is 17.5 Å². The van der Waals surface area contributed by atoms with E-state index in [1.54, 1.807) is 24.3 Å². The van der Waals surface area contributed by atoms with Crippen molar-refractivity contribution in [3.8, 4) is 0 Å². The van der Waals surface area contributed by atoms with Gasteiger partial charge in [0.2, 0.25) is 5.78 Å². The van der Waals surface area contributed by atoms with Crippen LogP contribution in [0.3, 0.4) is 0 Å². The number of aliphatic hydroxyl groups excluding tert-OH is 1. The zero-order chi connectivity index (χ0) is 17.4. The normalized spacial score (nSPS) is 23.5. The fourth-order valence-electron chi connectivity index (χ4n) is 4.20. The van der Waals surface area contributed by atoms with Gasteiger partial charge in [0.1, 0.15) is 0 Å². The molecule has 0 unspecified atom stereocenters. The molecule has 0 spiro atoms. The lowest BCUT2D eigenvalue weighted by Crippen LogP contribution is -2.28. The maximum atomic E-state index is 12.9. The van der Waals surface area contributed by atoms with Crippen LogP contribution in [0.4, 0.5) is 0 Å². The van der Waals surface area contributed by atoms with E-state index in [1.165, 1.54) is 5.56 Å². The molecule has 2 aliphatic carbocycles. The largest absolute Gasteiger partial charge is 0.504 e. The van der Waals surface area contributed by atoms with Gasteiger partial charge in [0, 0.05) is 16.7 Å². The average molecular weight is 332 g/mol. The molecule has 0 heterocycles. The standard InChI is InChI=1S/C22H20O3/c23-20-17-8-4-5-9-18(17)21(24)22(25)19(20)16-12-10-15(11-13-16)14-6-2-1-3-7-14/h1-9,15-16,25H,10-13H2. The first kappa shape index (κ1) is 15.8. The zero-order valence-electron chi connectivity index (χ0n) is 13.9. The van der Waals surface area contributed by atoms with Gasteiger partial charge in [-0.15, -0.1) is 0 Å². The van der Waals surface area contributed by atoms with E-state index in [4.69, 9.17) is 0 Å². The van der Waals surface area contributed by atoms with Crippen molar-refractivity contribution < 1.29 is 14.7 Å². The SMILES string of the molecule is O=C1C(O)=C(C2CCC(c3ccccc3)CC2)C(=O)c2ccccc21. The van der Waals surface area contributed by atoms with Crippen molar-refractivity contribution in [1.29, 1.82) is 0 Å². The lowest BCUT2D eigenvalue weighted by molar-refractivity contribution is 0.0914. The van der Waals surface area contributed by atoms with Gasteiger partial charge in [-0.05, 0) is 43.1 Å². The van der Waals surface area contributed by atoms with E-state index in [9.17, 15) is 14.7 Å². The molecule has 1 N–H and O–H groups in total. The summed E-state index contributed by atoms with van der Waals surface area (Å²) < 4.78 is 0. The van der Waals surface area contributed by atoms with Crippen LogP contribution in [0.25, 0.3) is 0 Å². The molecule has 0 atom stereocenters. The van der Waals surface area contributed by atoms with Gasteiger partial charge in [-0.1, -0.05) is 54.6 Å². The second kappa shape index (κ2) is 6.32. The number of hydrogen-bond acceptors (Lipinski definition) is 3. The van der Waals surface area contributed by atoms with E-state index in [0.717, 1.165) is 25.7 Å². The average Bonchev–Trinajstić information content (AvgIpc) is 2.68. The van der Waals surface area contributed by atoms with Crippen molar-refractivity contribution in [3.05, 3.63) is 82.6 Å². The molecule has 1 saturated carbocycles. The first-order chi connectivity index (χ1) is 12.2. The highest BCUT2D eigenvalue weighted by Gasteiger charge is 2.37. The van der Waals surface area contributed by atoms with Gasteiger partial charge in [-0.2, -0.15) is 0 Å². The quantitative estimate of drug-likeness (QED) is 0.855. The Balaban J connectivity index is 1.58. The molecule has 126 valence electrons. The Labute approximate surface area is 147 Å². The highest BCUT2D eigenvalue weighted by atomic mass is 16.3. The minimum atomic E-state index is -0.421. The molecule has 0 aliphatic heterocycles. The summed E-state index contributed by atoms with van der Waals surface area (Å²) in [5, 5.41) is 10.4. The fraction of sp³-hybridized carbons (Fsp3) is 0.273. The van der Waals surface area contributed by atoms with Crippen LogP contribution in [0.5, 0.6) is 0 Å². The number of benzene rings is 2. The molecule has 0 amide bonds. The molecule has 25 heavy (non-hydrogen) atoms. The number of hydrogen-bond donors (Lipinski definition) is 1. The van der Waals surface area contributed by atoms with Crippen LogP contribution in [0.1, 0.15) is 57.9 Å². The Kier molecular flexibility index (Phi) is 4.00. The van der Waals surface area contributed by atoms with Gasteiger partial charge in [-0.25, -0.2) is 0 Å². The molecule has 2 aromatic rings. The van der Waals surface area contributed by atoms with E-state index >= 15 is 0 Å². The van der Waals surface area contributed by atoms with Gasteiger partial charge >= 0.3 is 0 Å². The number of rotatable bonds is 2. The molecule has 0 radical (unpaired) electrons. The summed E-state index contributed by atoms with van der Waals surface area (Å²) in [6.45, 7) is 0. The van der Waals surface area contributed by atoms with E-state index in [1.807, 2.05) is 6.07 Å². The molecule has 2 aromatic carbocycles. The molecular formula is C22H20O3. The van der Waals surface area contributed by atoms with E-state index in [0.29, 0.717) is 22.6 Å². The van der Waals surface area contributed by atoms with Gasteiger partial charge in [0.05, 0.1) is 0 Å². The van der Waals surface area contributed by atoms with E-state index < -0.39 is 5.78 Å². The number of carbonyl (C=O) groups excluding carboxylic acids is 2. The van der Waals surface area contributed by atoms with E-state index in [2.05, 4.69) is 24.3 Å². The first-order valence-corrected chi connectivity index (χ1v) is 8.83. The van der Waals surface area contributed by atoms with Gasteiger partial charge in [0.15, 0.2) is 11.5 Å². The maximum Gasteiger partial charge on any atom is 0.228 e. The van der Waals surface area contributed by atoms with Crippen molar-refractivity contribution in [1.82, 2.24) is 0 Å². The molecule has 0 saturated heterocycles. The number of fused-ring (bicyclic) bond motifs is 1. The maximum absolute atomic E-state index is 12.9. The molecule has 2 aliphatic rings.